The lowest BCUT2D eigenvalue weighted by Gasteiger charge is -2.34. The van der Waals surface area contributed by atoms with E-state index in [2.05, 4.69) is 89.5 Å². The van der Waals surface area contributed by atoms with Gasteiger partial charge in [0.2, 0.25) is 0 Å². The summed E-state index contributed by atoms with van der Waals surface area (Å²) in [7, 11) is 2.19. The first-order chi connectivity index (χ1) is 14.9. The fraction of sp³-hybridized carbons (Fsp3) is 0.346. The van der Waals surface area contributed by atoms with E-state index in [1.54, 1.807) is 0 Å². The van der Waals surface area contributed by atoms with Crippen molar-refractivity contribution in [2.75, 3.05) is 43.9 Å². The number of benzene rings is 2. The van der Waals surface area contributed by atoms with Gasteiger partial charge >= 0.3 is 0 Å². The number of hydrogen-bond donors (Lipinski definition) is 2. The molecule has 1 aromatic heterocycles. The van der Waals surface area contributed by atoms with Crippen LogP contribution in [-0.2, 0) is 12.1 Å². The number of anilines is 2. The van der Waals surface area contributed by atoms with Crippen LogP contribution in [0.25, 0.3) is 22.3 Å². The van der Waals surface area contributed by atoms with E-state index in [-0.39, 0.29) is 5.54 Å². The van der Waals surface area contributed by atoms with Crippen molar-refractivity contribution in [3.8, 4) is 22.3 Å². The van der Waals surface area contributed by atoms with Gasteiger partial charge in [-0.1, -0.05) is 24.3 Å². The third-order valence-corrected chi connectivity index (χ3v) is 6.80. The molecule has 5 heteroatoms. The van der Waals surface area contributed by atoms with Crippen LogP contribution in [0.3, 0.4) is 0 Å². The molecule has 160 valence electrons. The molecule has 2 aliphatic heterocycles. The van der Waals surface area contributed by atoms with Crippen LogP contribution in [0.5, 0.6) is 0 Å². The topological polar surface area (TPSA) is 57.4 Å². The molecule has 0 atom stereocenters. The van der Waals surface area contributed by atoms with E-state index in [1.807, 2.05) is 6.20 Å². The molecular formula is C26H31N5. The molecule has 1 fully saturated rings. The maximum absolute atomic E-state index is 6.31. The lowest BCUT2D eigenvalue weighted by Crippen LogP contribution is -2.44. The Morgan fingerprint density at radius 2 is 1.61 bits per heavy atom. The van der Waals surface area contributed by atoms with E-state index in [4.69, 9.17) is 5.73 Å². The zero-order chi connectivity index (χ0) is 21.6. The van der Waals surface area contributed by atoms with Crippen LogP contribution in [0.2, 0.25) is 0 Å². The van der Waals surface area contributed by atoms with E-state index in [0.717, 1.165) is 55.0 Å². The first-order valence-electron chi connectivity index (χ1n) is 11.1. The molecule has 3 aromatic rings. The Morgan fingerprint density at radius 3 is 2.35 bits per heavy atom. The summed E-state index contributed by atoms with van der Waals surface area (Å²) in [6, 6.07) is 17.6. The van der Waals surface area contributed by atoms with E-state index < -0.39 is 0 Å². The van der Waals surface area contributed by atoms with Crippen LogP contribution in [0.4, 0.5) is 11.5 Å². The van der Waals surface area contributed by atoms with E-state index in [9.17, 15) is 0 Å². The van der Waals surface area contributed by atoms with Gasteiger partial charge in [-0.15, -0.1) is 0 Å². The Morgan fingerprint density at radius 1 is 0.903 bits per heavy atom. The quantitative estimate of drug-likeness (QED) is 0.677. The van der Waals surface area contributed by atoms with E-state index in [0.29, 0.717) is 5.82 Å². The summed E-state index contributed by atoms with van der Waals surface area (Å²) >= 11 is 0. The molecule has 5 rings (SSSR count). The molecule has 0 amide bonds. The minimum absolute atomic E-state index is 0.0236. The van der Waals surface area contributed by atoms with Crippen LogP contribution >= 0.6 is 0 Å². The summed E-state index contributed by atoms with van der Waals surface area (Å²) in [5.41, 5.74) is 14.6. The van der Waals surface area contributed by atoms with Gasteiger partial charge in [-0.25, -0.2) is 4.98 Å². The van der Waals surface area contributed by atoms with Gasteiger partial charge in [0.15, 0.2) is 0 Å². The fourth-order valence-corrected chi connectivity index (χ4v) is 4.69. The maximum Gasteiger partial charge on any atom is 0.131 e. The van der Waals surface area contributed by atoms with Crippen LogP contribution in [0.1, 0.15) is 25.0 Å². The molecule has 3 N–H and O–H groups in total. The number of rotatable bonds is 3. The number of nitrogens with two attached hydrogens (primary N) is 1. The Bertz CT molecular complexity index is 1100. The molecule has 2 aliphatic rings. The van der Waals surface area contributed by atoms with Crippen LogP contribution < -0.4 is 16.0 Å². The van der Waals surface area contributed by atoms with Crippen molar-refractivity contribution in [3.05, 3.63) is 65.9 Å². The van der Waals surface area contributed by atoms with Crippen molar-refractivity contribution >= 4 is 11.5 Å². The average Bonchev–Trinajstić information content (AvgIpc) is 3.09. The van der Waals surface area contributed by atoms with Gasteiger partial charge in [0.05, 0.1) is 0 Å². The lowest BCUT2D eigenvalue weighted by molar-refractivity contribution is 0.313. The third kappa shape index (κ3) is 3.80. The number of fused-ring (bicyclic) bond motifs is 1. The summed E-state index contributed by atoms with van der Waals surface area (Å²) in [5.74, 6) is 0.571. The summed E-state index contributed by atoms with van der Waals surface area (Å²) in [4.78, 5) is 9.36. The standard InChI is InChI=1S/C26H31N5/c1-26(2)24-15-19(4-5-20(24)17-29-26)23-14-21(16-28-25(23)27)18-6-8-22(9-7-18)31-12-10-30(3)11-13-31/h4-9,14-16,29H,10-13,17H2,1-3H3,(H2,27,28). The molecule has 3 heterocycles. The second-order valence-electron chi connectivity index (χ2n) is 9.34. The Kier molecular flexibility index (Phi) is 4.95. The van der Waals surface area contributed by atoms with Gasteiger partial charge in [0, 0.05) is 61.3 Å². The van der Waals surface area contributed by atoms with E-state index in [1.165, 1.54) is 16.8 Å². The molecule has 1 saturated heterocycles. The highest BCUT2D eigenvalue weighted by molar-refractivity contribution is 5.80. The molecule has 0 unspecified atom stereocenters. The largest absolute Gasteiger partial charge is 0.383 e. The van der Waals surface area contributed by atoms with Gasteiger partial charge in [-0.3, -0.25) is 0 Å². The first-order valence-corrected chi connectivity index (χ1v) is 11.1. The third-order valence-electron chi connectivity index (χ3n) is 6.80. The van der Waals surface area contributed by atoms with Crippen LogP contribution in [0, 0.1) is 0 Å². The smallest absolute Gasteiger partial charge is 0.131 e. The maximum atomic E-state index is 6.31. The Labute approximate surface area is 184 Å². The van der Waals surface area contributed by atoms with Crippen molar-refractivity contribution in [2.24, 2.45) is 0 Å². The number of hydrogen-bond acceptors (Lipinski definition) is 5. The molecular weight excluding hydrogens is 382 g/mol. The highest BCUT2D eigenvalue weighted by Gasteiger charge is 2.29. The summed E-state index contributed by atoms with van der Waals surface area (Å²) in [6.45, 7) is 9.74. The van der Waals surface area contributed by atoms with Crippen molar-refractivity contribution in [2.45, 2.75) is 25.9 Å². The zero-order valence-electron chi connectivity index (χ0n) is 18.7. The SMILES string of the molecule is CN1CCN(c2ccc(-c3cnc(N)c(-c4ccc5c(c4)C(C)(C)NC5)c3)cc2)CC1. The normalized spacial score (nSPS) is 18.2. The minimum atomic E-state index is -0.0236. The molecule has 0 aliphatic carbocycles. The van der Waals surface area contributed by atoms with Crippen molar-refractivity contribution in [3.63, 3.8) is 0 Å². The van der Waals surface area contributed by atoms with Gasteiger partial charge in [0.1, 0.15) is 5.82 Å². The first kappa shape index (κ1) is 20.0. The van der Waals surface area contributed by atoms with Crippen molar-refractivity contribution in [1.29, 1.82) is 0 Å². The average molecular weight is 414 g/mol. The van der Waals surface area contributed by atoms with Gasteiger partial charge in [0.25, 0.3) is 0 Å². The molecule has 0 spiro atoms. The minimum Gasteiger partial charge on any atom is -0.383 e. The Hall–Kier alpha value is -2.89. The predicted octanol–water partition coefficient (Wildman–Crippen LogP) is 4.09. The molecule has 2 aromatic carbocycles. The van der Waals surface area contributed by atoms with Crippen LogP contribution in [0.15, 0.2) is 54.7 Å². The molecule has 0 saturated carbocycles. The molecule has 31 heavy (non-hydrogen) atoms. The highest BCUT2D eigenvalue weighted by atomic mass is 15.2. The number of nitrogens with zero attached hydrogens (tertiary/aromatic N) is 3. The Balaban J connectivity index is 1.44. The number of pyridine rings is 1. The second kappa shape index (κ2) is 7.66. The molecule has 5 nitrogen and oxygen atoms in total. The van der Waals surface area contributed by atoms with Crippen molar-refractivity contribution in [1.82, 2.24) is 15.2 Å². The van der Waals surface area contributed by atoms with Gasteiger partial charge in [-0.05, 0) is 67.4 Å². The zero-order valence-corrected chi connectivity index (χ0v) is 18.7. The second-order valence-corrected chi connectivity index (χ2v) is 9.34. The van der Waals surface area contributed by atoms with E-state index >= 15 is 0 Å². The summed E-state index contributed by atoms with van der Waals surface area (Å²) < 4.78 is 0. The summed E-state index contributed by atoms with van der Waals surface area (Å²) in [6.07, 6.45) is 1.88. The number of aromatic nitrogens is 1. The number of likely N-dealkylation sites (N-methyl/N-ethyl adjacent to an activating group) is 1. The number of nitrogen functional groups attached to an aromatic ring is 1. The lowest BCUT2D eigenvalue weighted by atomic mass is 9.91. The van der Waals surface area contributed by atoms with Gasteiger partial charge in [-0.2, -0.15) is 0 Å². The number of nitrogens with one attached hydrogen (secondary N) is 1. The fourth-order valence-electron chi connectivity index (χ4n) is 4.69. The van der Waals surface area contributed by atoms with Gasteiger partial charge < -0.3 is 20.9 Å². The van der Waals surface area contributed by atoms with Crippen LogP contribution in [-0.4, -0.2) is 43.1 Å². The predicted molar refractivity (Wildman–Crippen MR) is 129 cm³/mol. The number of piperazine rings is 1. The summed E-state index contributed by atoms with van der Waals surface area (Å²) in [5, 5.41) is 3.57. The van der Waals surface area contributed by atoms with Crippen molar-refractivity contribution < 1.29 is 0 Å². The molecule has 0 bridgehead atoms. The highest BCUT2D eigenvalue weighted by Crippen LogP contribution is 2.36. The molecule has 0 radical (unpaired) electrons. The monoisotopic (exact) mass is 413 g/mol.